The first kappa shape index (κ1) is 15.7. The molecule has 0 radical (unpaired) electrons. The van der Waals surface area contributed by atoms with Crippen molar-refractivity contribution in [3.63, 3.8) is 0 Å². The Kier molecular flexibility index (Phi) is 6.07. The van der Waals surface area contributed by atoms with E-state index in [1.54, 1.807) is 18.2 Å². The summed E-state index contributed by atoms with van der Waals surface area (Å²) >= 11 is 9.11. The molecule has 0 saturated heterocycles. The summed E-state index contributed by atoms with van der Waals surface area (Å²) in [6, 6.07) is 3.02. The number of carbonyl (C=O) groups excluding carboxylic acids is 1. The molecule has 104 valence electrons. The van der Waals surface area contributed by atoms with Crippen LogP contribution in [0.3, 0.4) is 0 Å². The molecule has 0 fully saturated rings. The van der Waals surface area contributed by atoms with Crippen molar-refractivity contribution in [2.75, 3.05) is 11.9 Å². The third-order valence-electron chi connectivity index (χ3n) is 2.20. The van der Waals surface area contributed by atoms with Gasteiger partial charge in [-0.1, -0.05) is 27.5 Å². The van der Waals surface area contributed by atoms with Crippen molar-refractivity contribution in [1.29, 1.82) is 0 Å². The van der Waals surface area contributed by atoms with Gasteiger partial charge in [-0.2, -0.15) is 0 Å². The predicted molar refractivity (Wildman–Crippen MR) is 74.4 cm³/mol. The minimum absolute atomic E-state index is 0.0744. The molecule has 6 nitrogen and oxygen atoms in total. The number of aliphatic hydroxyl groups is 1. The first-order valence-corrected chi connectivity index (χ1v) is 6.47. The molecule has 0 aromatic heterocycles. The molecule has 4 N–H and O–H groups in total. The fourth-order valence-electron chi connectivity index (χ4n) is 1.30. The summed E-state index contributed by atoms with van der Waals surface area (Å²) in [6.45, 7) is -0.338. The van der Waals surface area contributed by atoms with E-state index in [4.69, 9.17) is 21.8 Å². The lowest BCUT2D eigenvalue weighted by Gasteiger charge is -2.14. The number of anilines is 1. The first-order chi connectivity index (χ1) is 8.93. The Bertz CT molecular complexity index is 484. The molecule has 1 atom stereocenters. The van der Waals surface area contributed by atoms with Crippen LogP contribution in [0.2, 0.25) is 5.02 Å². The van der Waals surface area contributed by atoms with E-state index in [-0.39, 0.29) is 13.0 Å². The number of aliphatic carboxylic acids is 1. The minimum Gasteiger partial charge on any atom is -0.480 e. The molecule has 19 heavy (non-hydrogen) atoms. The quantitative estimate of drug-likeness (QED) is 0.652. The van der Waals surface area contributed by atoms with Gasteiger partial charge in [-0.3, -0.25) is 0 Å². The number of amides is 2. The average molecular weight is 352 g/mol. The number of benzene rings is 1. The first-order valence-electron chi connectivity index (χ1n) is 5.30. The summed E-state index contributed by atoms with van der Waals surface area (Å²) in [5, 5.41) is 22.5. The Morgan fingerprint density at radius 1 is 1.42 bits per heavy atom. The van der Waals surface area contributed by atoms with Gasteiger partial charge < -0.3 is 20.8 Å². The summed E-state index contributed by atoms with van der Waals surface area (Å²) < 4.78 is 0.720. The van der Waals surface area contributed by atoms with E-state index in [0.29, 0.717) is 10.7 Å². The standard InChI is InChI=1S/C11H12BrClN2O4/c12-6-1-2-7(13)9(5-6)15-11(19)14-8(3-4-16)10(17)18/h1-2,5,8,16H,3-4H2,(H,17,18)(H2,14,15,19)/t8-/m0/s1. The van der Waals surface area contributed by atoms with Gasteiger partial charge in [0.2, 0.25) is 0 Å². The normalized spacial score (nSPS) is 11.7. The van der Waals surface area contributed by atoms with E-state index in [0.717, 1.165) is 4.47 Å². The molecule has 0 aliphatic rings. The van der Waals surface area contributed by atoms with Gasteiger partial charge in [-0.15, -0.1) is 0 Å². The molecule has 0 spiro atoms. The van der Waals surface area contributed by atoms with Gasteiger partial charge in [0, 0.05) is 17.5 Å². The highest BCUT2D eigenvalue weighted by molar-refractivity contribution is 9.10. The second-order valence-electron chi connectivity index (χ2n) is 3.63. The number of carboxylic acids is 1. The van der Waals surface area contributed by atoms with E-state index < -0.39 is 18.0 Å². The second kappa shape index (κ2) is 7.32. The van der Waals surface area contributed by atoms with Gasteiger partial charge in [-0.05, 0) is 18.2 Å². The summed E-state index contributed by atoms with van der Waals surface area (Å²) in [4.78, 5) is 22.4. The summed E-state index contributed by atoms with van der Waals surface area (Å²) in [6.07, 6.45) is -0.0744. The monoisotopic (exact) mass is 350 g/mol. The number of carbonyl (C=O) groups is 2. The highest BCUT2D eigenvalue weighted by atomic mass is 79.9. The van der Waals surface area contributed by atoms with Crippen molar-refractivity contribution in [3.8, 4) is 0 Å². The van der Waals surface area contributed by atoms with Crippen LogP contribution in [0.1, 0.15) is 6.42 Å². The molecule has 0 unspecified atom stereocenters. The fraction of sp³-hybridized carbons (Fsp3) is 0.273. The SMILES string of the molecule is O=C(Nc1cc(Br)ccc1Cl)N[C@@H](CCO)C(=O)O. The lowest BCUT2D eigenvalue weighted by molar-refractivity contribution is -0.139. The zero-order valence-corrected chi connectivity index (χ0v) is 12.0. The lowest BCUT2D eigenvalue weighted by atomic mass is 10.2. The number of carboxylic acid groups (broad SMARTS) is 1. The fourth-order valence-corrected chi connectivity index (χ4v) is 1.82. The van der Waals surface area contributed by atoms with Crippen LogP contribution in [-0.2, 0) is 4.79 Å². The molecular weight excluding hydrogens is 339 g/mol. The molecule has 1 aromatic rings. The number of hydrogen-bond donors (Lipinski definition) is 4. The van der Waals surface area contributed by atoms with Crippen LogP contribution < -0.4 is 10.6 Å². The molecule has 1 rings (SSSR count). The van der Waals surface area contributed by atoms with Crippen LogP contribution >= 0.6 is 27.5 Å². The third-order valence-corrected chi connectivity index (χ3v) is 3.02. The zero-order chi connectivity index (χ0) is 14.4. The van der Waals surface area contributed by atoms with Crippen LogP contribution in [0, 0.1) is 0 Å². The molecular formula is C11H12BrClN2O4. The molecule has 0 saturated carbocycles. The minimum atomic E-state index is -1.22. The van der Waals surface area contributed by atoms with E-state index in [1.807, 2.05) is 0 Å². The van der Waals surface area contributed by atoms with Gasteiger partial charge in [-0.25, -0.2) is 9.59 Å². The predicted octanol–water partition coefficient (Wildman–Crippen LogP) is 2.06. The molecule has 0 heterocycles. The largest absolute Gasteiger partial charge is 0.480 e. The zero-order valence-electron chi connectivity index (χ0n) is 9.69. The van der Waals surface area contributed by atoms with Gasteiger partial charge in [0.1, 0.15) is 6.04 Å². The molecule has 0 bridgehead atoms. The van der Waals surface area contributed by atoms with Gasteiger partial charge in [0.25, 0.3) is 0 Å². The van der Waals surface area contributed by atoms with Crippen molar-refractivity contribution in [2.45, 2.75) is 12.5 Å². The van der Waals surface area contributed by atoms with Crippen molar-refractivity contribution >= 4 is 45.2 Å². The molecule has 1 aromatic carbocycles. The molecule has 8 heteroatoms. The topological polar surface area (TPSA) is 98.7 Å². The van der Waals surface area contributed by atoms with Gasteiger partial charge >= 0.3 is 12.0 Å². The van der Waals surface area contributed by atoms with Crippen molar-refractivity contribution < 1.29 is 19.8 Å². The maximum Gasteiger partial charge on any atom is 0.326 e. The number of hydrogen-bond acceptors (Lipinski definition) is 3. The van der Waals surface area contributed by atoms with Crippen LogP contribution in [0.15, 0.2) is 22.7 Å². The summed E-state index contributed by atoms with van der Waals surface area (Å²) in [5.74, 6) is -1.22. The Hall–Kier alpha value is -1.31. The highest BCUT2D eigenvalue weighted by Gasteiger charge is 2.19. The number of nitrogens with one attached hydrogen (secondary N) is 2. The Balaban J connectivity index is 2.68. The molecule has 0 aliphatic heterocycles. The van der Waals surface area contributed by atoms with Gasteiger partial charge in [0.15, 0.2) is 0 Å². The Morgan fingerprint density at radius 3 is 2.68 bits per heavy atom. The van der Waals surface area contributed by atoms with Gasteiger partial charge in [0.05, 0.1) is 10.7 Å². The van der Waals surface area contributed by atoms with Crippen molar-refractivity contribution in [2.24, 2.45) is 0 Å². The molecule has 2 amide bonds. The van der Waals surface area contributed by atoms with E-state index >= 15 is 0 Å². The Labute approximate surface area is 122 Å². The molecule has 0 aliphatic carbocycles. The van der Waals surface area contributed by atoms with Crippen molar-refractivity contribution in [1.82, 2.24) is 5.32 Å². The van der Waals surface area contributed by atoms with Crippen LogP contribution in [0.4, 0.5) is 10.5 Å². The van der Waals surface area contributed by atoms with Crippen LogP contribution in [-0.4, -0.2) is 34.9 Å². The van der Waals surface area contributed by atoms with E-state index in [2.05, 4.69) is 26.6 Å². The lowest BCUT2D eigenvalue weighted by Crippen LogP contribution is -2.43. The van der Waals surface area contributed by atoms with Crippen LogP contribution in [0.25, 0.3) is 0 Å². The number of halogens is 2. The maximum atomic E-state index is 11.6. The second-order valence-corrected chi connectivity index (χ2v) is 4.95. The summed E-state index contributed by atoms with van der Waals surface area (Å²) in [5.41, 5.74) is 0.349. The number of rotatable bonds is 5. The maximum absolute atomic E-state index is 11.6. The number of urea groups is 1. The highest BCUT2D eigenvalue weighted by Crippen LogP contribution is 2.25. The smallest absolute Gasteiger partial charge is 0.326 e. The average Bonchev–Trinajstić information content (AvgIpc) is 2.33. The third kappa shape index (κ3) is 5.06. The van der Waals surface area contributed by atoms with Crippen LogP contribution in [0.5, 0.6) is 0 Å². The summed E-state index contributed by atoms with van der Waals surface area (Å²) in [7, 11) is 0. The number of aliphatic hydroxyl groups excluding tert-OH is 1. The van der Waals surface area contributed by atoms with E-state index in [1.165, 1.54) is 0 Å². The van der Waals surface area contributed by atoms with E-state index in [9.17, 15) is 9.59 Å². The van der Waals surface area contributed by atoms with Crippen molar-refractivity contribution in [3.05, 3.63) is 27.7 Å². The Morgan fingerprint density at radius 2 is 2.11 bits per heavy atom.